The maximum Gasteiger partial charge on any atom is 0.281 e. The maximum absolute atomic E-state index is 13.1. The normalized spacial score (nSPS) is 15.1. The van der Waals surface area contributed by atoms with E-state index in [1.54, 1.807) is 36.2 Å². The van der Waals surface area contributed by atoms with Gasteiger partial charge in [0.05, 0.1) is 15.7 Å². The highest BCUT2D eigenvalue weighted by molar-refractivity contribution is 7.80. The van der Waals surface area contributed by atoms with Gasteiger partial charge in [-0.2, -0.15) is 0 Å². The van der Waals surface area contributed by atoms with Crippen molar-refractivity contribution in [3.63, 3.8) is 0 Å². The van der Waals surface area contributed by atoms with E-state index in [0.29, 0.717) is 42.9 Å². The Balaban J connectivity index is 1.60. The second kappa shape index (κ2) is 9.51. The summed E-state index contributed by atoms with van der Waals surface area (Å²) in [6, 6.07) is 20.0. The van der Waals surface area contributed by atoms with Gasteiger partial charge in [0.25, 0.3) is 5.91 Å². The van der Waals surface area contributed by atoms with Crippen LogP contribution in [0, 0.1) is 0 Å². The minimum absolute atomic E-state index is 0.223. The van der Waals surface area contributed by atoms with Gasteiger partial charge in [0.1, 0.15) is 12.3 Å². The summed E-state index contributed by atoms with van der Waals surface area (Å²) in [5.74, 6) is 0.123. The summed E-state index contributed by atoms with van der Waals surface area (Å²) in [7, 11) is 1.75. The summed E-state index contributed by atoms with van der Waals surface area (Å²) in [5, 5.41) is 1.64. The molecule has 0 aliphatic carbocycles. The van der Waals surface area contributed by atoms with E-state index in [1.165, 1.54) is 4.90 Å². The average molecular weight is 504 g/mol. The van der Waals surface area contributed by atoms with Crippen LogP contribution in [0.5, 0.6) is 5.75 Å². The second-order valence-corrected chi connectivity index (χ2v) is 8.63. The molecule has 0 spiro atoms. The lowest BCUT2D eigenvalue weighted by atomic mass is 10.1. The lowest BCUT2D eigenvalue weighted by molar-refractivity contribution is -0.114. The number of rotatable bonds is 5. The monoisotopic (exact) mass is 502 g/mol. The minimum Gasteiger partial charge on any atom is -0.486 e. The zero-order valence-electron chi connectivity index (χ0n) is 16.9. The number of amides is 1. The number of para-hydroxylation sites is 1. The van der Waals surface area contributed by atoms with E-state index in [2.05, 4.69) is 0 Å². The van der Waals surface area contributed by atoms with Crippen molar-refractivity contribution in [3.05, 3.63) is 98.6 Å². The molecule has 1 saturated heterocycles. The van der Waals surface area contributed by atoms with Crippen LogP contribution in [0.4, 0.5) is 5.69 Å². The molecular weight excluding hydrogens is 487 g/mol. The Morgan fingerprint density at radius 1 is 0.938 bits per heavy atom. The van der Waals surface area contributed by atoms with E-state index >= 15 is 0 Å². The van der Waals surface area contributed by atoms with Gasteiger partial charge < -0.3 is 9.64 Å². The average Bonchev–Trinajstić information content (AvgIpc) is 2.98. The molecule has 1 heterocycles. The summed E-state index contributed by atoms with van der Waals surface area (Å²) in [6.45, 7) is 0.223. The number of ether oxygens (including phenoxy) is 1. The van der Waals surface area contributed by atoms with Crippen LogP contribution in [0.15, 0.2) is 72.4 Å². The van der Waals surface area contributed by atoms with Crippen molar-refractivity contribution in [2.75, 3.05) is 11.9 Å². The predicted molar refractivity (Wildman–Crippen MR) is 135 cm³/mol. The van der Waals surface area contributed by atoms with Gasteiger partial charge in [0, 0.05) is 17.6 Å². The first-order valence-corrected chi connectivity index (χ1v) is 11.1. The Morgan fingerprint density at radius 2 is 1.56 bits per heavy atom. The summed E-state index contributed by atoms with van der Waals surface area (Å²) in [6.07, 6.45) is 1.70. The molecule has 0 atom stereocenters. The number of hydrogen-bond acceptors (Lipinski definition) is 3. The number of anilines is 1. The number of likely N-dealkylation sites (N-methyl/N-ethyl adjacent to an activating group) is 1. The molecule has 4 rings (SSSR count). The third kappa shape index (κ3) is 4.48. The molecule has 3 aromatic carbocycles. The van der Waals surface area contributed by atoms with Crippen LogP contribution in [0.2, 0.25) is 15.1 Å². The zero-order valence-corrected chi connectivity index (χ0v) is 20.0. The van der Waals surface area contributed by atoms with Crippen LogP contribution >= 0.6 is 47.0 Å². The Morgan fingerprint density at radius 3 is 2.22 bits per heavy atom. The van der Waals surface area contributed by atoms with Gasteiger partial charge in [-0.1, -0.05) is 71.2 Å². The van der Waals surface area contributed by atoms with Crippen molar-refractivity contribution in [1.29, 1.82) is 0 Å². The molecule has 0 bridgehead atoms. The van der Waals surface area contributed by atoms with E-state index in [4.69, 9.17) is 51.8 Å². The van der Waals surface area contributed by atoms with Gasteiger partial charge in [0.15, 0.2) is 10.9 Å². The van der Waals surface area contributed by atoms with Crippen LogP contribution in [0.3, 0.4) is 0 Å². The van der Waals surface area contributed by atoms with Crippen molar-refractivity contribution >= 4 is 69.8 Å². The van der Waals surface area contributed by atoms with Crippen LogP contribution < -0.4 is 9.64 Å². The molecule has 0 saturated carbocycles. The molecule has 8 heteroatoms. The van der Waals surface area contributed by atoms with Gasteiger partial charge in [-0.3, -0.25) is 9.69 Å². The van der Waals surface area contributed by atoms with Gasteiger partial charge in [0.2, 0.25) is 0 Å². The van der Waals surface area contributed by atoms with Crippen LogP contribution in [0.1, 0.15) is 11.1 Å². The maximum atomic E-state index is 13.1. The summed E-state index contributed by atoms with van der Waals surface area (Å²) < 4.78 is 5.82. The number of carbonyl (C=O) groups excluding carboxylic acids is 1. The molecule has 0 radical (unpaired) electrons. The smallest absolute Gasteiger partial charge is 0.281 e. The molecule has 0 N–H and O–H groups in total. The first-order valence-electron chi connectivity index (χ1n) is 9.61. The SMILES string of the molecule is CN1C(=S)N(c2ccccc2)C(=O)/C1=C/c1cc(Cl)c(OCc2ccccc2Cl)c(Cl)c1. The van der Waals surface area contributed by atoms with Crippen LogP contribution in [-0.2, 0) is 11.4 Å². The molecule has 1 amide bonds. The Kier molecular flexibility index (Phi) is 6.72. The standard InChI is InChI=1S/C24H17Cl3N2O2S/c1-28-21(23(30)29(24(28)32)17-8-3-2-4-9-17)13-15-11-19(26)22(20(27)12-15)31-14-16-7-5-6-10-18(16)25/h2-13H,14H2,1H3/b21-13-. The highest BCUT2D eigenvalue weighted by Gasteiger charge is 2.36. The van der Waals surface area contributed by atoms with Crippen molar-refractivity contribution in [3.8, 4) is 5.75 Å². The van der Waals surface area contributed by atoms with Gasteiger partial charge in [-0.05, 0) is 54.2 Å². The Bertz CT molecular complexity index is 1210. The second-order valence-electron chi connectivity index (χ2n) is 7.04. The lowest BCUT2D eigenvalue weighted by Crippen LogP contribution is -2.30. The van der Waals surface area contributed by atoms with Gasteiger partial charge in [-0.25, -0.2) is 0 Å². The Labute approximate surface area is 206 Å². The molecule has 1 aliphatic rings. The number of thiocarbonyl (C=S) groups is 1. The third-order valence-electron chi connectivity index (χ3n) is 4.93. The molecule has 0 unspecified atom stereocenters. The van der Waals surface area contributed by atoms with Gasteiger partial charge >= 0.3 is 0 Å². The molecule has 3 aromatic rings. The zero-order chi connectivity index (χ0) is 22.8. The third-order valence-corrected chi connectivity index (χ3v) is 6.32. The van der Waals surface area contributed by atoms with Crippen LogP contribution in [-0.4, -0.2) is 23.0 Å². The van der Waals surface area contributed by atoms with Crippen molar-refractivity contribution in [2.24, 2.45) is 0 Å². The Hall–Kier alpha value is -2.57. The molecule has 32 heavy (non-hydrogen) atoms. The quantitative estimate of drug-likeness (QED) is 0.282. The lowest BCUT2D eigenvalue weighted by Gasteiger charge is -2.16. The van der Waals surface area contributed by atoms with Gasteiger partial charge in [-0.15, -0.1) is 0 Å². The molecule has 1 aliphatic heterocycles. The molecule has 0 aromatic heterocycles. The van der Waals surface area contributed by atoms with Crippen LogP contribution in [0.25, 0.3) is 6.08 Å². The fourth-order valence-electron chi connectivity index (χ4n) is 3.29. The molecule has 162 valence electrons. The number of nitrogens with zero attached hydrogens (tertiary/aromatic N) is 2. The summed E-state index contributed by atoms with van der Waals surface area (Å²) >= 11 is 24.6. The topological polar surface area (TPSA) is 32.8 Å². The summed E-state index contributed by atoms with van der Waals surface area (Å²) in [4.78, 5) is 16.2. The number of benzene rings is 3. The fraction of sp³-hybridized carbons (Fsp3) is 0.0833. The summed E-state index contributed by atoms with van der Waals surface area (Å²) in [5.41, 5.74) is 2.59. The first-order chi connectivity index (χ1) is 15.4. The minimum atomic E-state index is -0.227. The van der Waals surface area contributed by atoms with Crippen molar-refractivity contribution in [2.45, 2.75) is 6.61 Å². The molecule has 4 nitrogen and oxygen atoms in total. The van der Waals surface area contributed by atoms with Crippen molar-refractivity contribution < 1.29 is 9.53 Å². The number of hydrogen-bond donors (Lipinski definition) is 0. The highest BCUT2D eigenvalue weighted by atomic mass is 35.5. The van der Waals surface area contributed by atoms with E-state index in [-0.39, 0.29) is 12.5 Å². The van der Waals surface area contributed by atoms with E-state index in [9.17, 15) is 4.79 Å². The molecular formula is C24H17Cl3N2O2S. The van der Waals surface area contributed by atoms with Crippen molar-refractivity contribution in [1.82, 2.24) is 4.90 Å². The number of carbonyl (C=O) groups is 1. The highest BCUT2D eigenvalue weighted by Crippen LogP contribution is 2.36. The van der Waals surface area contributed by atoms with E-state index in [0.717, 1.165) is 5.56 Å². The fourth-order valence-corrected chi connectivity index (χ4v) is 4.38. The predicted octanol–water partition coefficient (Wildman–Crippen LogP) is 6.83. The molecule has 1 fully saturated rings. The largest absolute Gasteiger partial charge is 0.486 e. The van der Waals surface area contributed by atoms with E-state index in [1.807, 2.05) is 48.5 Å². The first kappa shape index (κ1) is 22.6. The van der Waals surface area contributed by atoms with E-state index < -0.39 is 0 Å². The number of halogens is 3.